The summed E-state index contributed by atoms with van der Waals surface area (Å²) in [4.78, 5) is 37.0. The molecular weight excluding hydrogens is 475 g/mol. The molecule has 0 saturated heterocycles. The van der Waals surface area contributed by atoms with Crippen molar-refractivity contribution in [1.29, 1.82) is 0 Å². The molecule has 9 nitrogen and oxygen atoms in total. The van der Waals surface area contributed by atoms with E-state index in [1.807, 2.05) is 0 Å². The minimum atomic E-state index is -5.06. The molecule has 0 saturated carbocycles. The minimum absolute atomic E-state index is 0.0187. The number of amides is 3. The lowest BCUT2D eigenvalue weighted by Gasteiger charge is -2.50. The van der Waals surface area contributed by atoms with Crippen LogP contribution in [0.3, 0.4) is 0 Å². The standard InChI is InChI=1S/C21H22F3N5O4S/c1-20(2)9-15(13-7-5-6-8-14(13)29(20)17(30)21(22,23)24)28-11-12-10-25-18(34(4,32)33)26-16(12)27(3)19(28)31/h5-8,10,15H,9,11H2,1-4H3. The van der Waals surface area contributed by atoms with Crippen LogP contribution in [0, 0.1) is 0 Å². The molecule has 0 radical (unpaired) electrons. The van der Waals surface area contributed by atoms with Crippen molar-refractivity contribution in [2.24, 2.45) is 0 Å². The van der Waals surface area contributed by atoms with Crippen molar-refractivity contribution in [3.63, 3.8) is 0 Å². The van der Waals surface area contributed by atoms with Crippen molar-refractivity contribution in [1.82, 2.24) is 14.9 Å². The van der Waals surface area contributed by atoms with E-state index in [-0.39, 0.29) is 24.5 Å². The molecule has 3 heterocycles. The largest absolute Gasteiger partial charge is 0.471 e. The maximum Gasteiger partial charge on any atom is 0.471 e. The van der Waals surface area contributed by atoms with E-state index >= 15 is 0 Å². The number of alkyl halides is 3. The van der Waals surface area contributed by atoms with Crippen molar-refractivity contribution in [2.75, 3.05) is 23.1 Å². The first-order valence-corrected chi connectivity index (χ1v) is 12.1. The SMILES string of the molecule is CN1C(=O)N(C2CC(C)(C)N(C(=O)C(F)(F)F)c3ccccc32)Cc2cnc(S(C)(=O)=O)nc21. The van der Waals surface area contributed by atoms with Crippen molar-refractivity contribution in [3.05, 3.63) is 41.6 Å². The van der Waals surface area contributed by atoms with Gasteiger partial charge in [-0.05, 0) is 31.9 Å². The summed E-state index contributed by atoms with van der Waals surface area (Å²) in [7, 11) is -2.26. The van der Waals surface area contributed by atoms with E-state index in [1.54, 1.807) is 12.1 Å². The van der Waals surface area contributed by atoms with Crippen LogP contribution in [0.1, 0.15) is 37.4 Å². The van der Waals surface area contributed by atoms with Crippen LogP contribution in [0.25, 0.3) is 0 Å². The van der Waals surface area contributed by atoms with E-state index in [2.05, 4.69) is 9.97 Å². The molecule has 4 rings (SSSR count). The van der Waals surface area contributed by atoms with Crippen LogP contribution in [0.15, 0.2) is 35.6 Å². The van der Waals surface area contributed by atoms with Gasteiger partial charge in [-0.25, -0.2) is 23.2 Å². The first-order chi connectivity index (χ1) is 15.6. The fraction of sp³-hybridized carbons (Fsp3) is 0.429. The average molecular weight is 497 g/mol. The topological polar surface area (TPSA) is 104 Å². The summed E-state index contributed by atoms with van der Waals surface area (Å²) < 4.78 is 63.9. The number of carbonyl (C=O) groups is 2. The normalized spacial score (nSPS) is 20.1. The molecular formula is C21H22F3N5O4S. The third kappa shape index (κ3) is 3.87. The van der Waals surface area contributed by atoms with Gasteiger partial charge in [-0.15, -0.1) is 0 Å². The third-order valence-corrected chi connectivity index (χ3v) is 6.86. The van der Waals surface area contributed by atoms with Crippen LogP contribution in [0.2, 0.25) is 0 Å². The van der Waals surface area contributed by atoms with E-state index in [0.29, 0.717) is 11.1 Å². The summed E-state index contributed by atoms with van der Waals surface area (Å²) in [6, 6.07) is 5.04. The van der Waals surface area contributed by atoms with Crippen LogP contribution in [-0.2, 0) is 21.2 Å². The molecule has 1 aromatic carbocycles. The fourth-order valence-electron chi connectivity index (χ4n) is 4.50. The molecule has 0 spiro atoms. The maximum atomic E-state index is 13.4. The molecule has 1 aromatic heterocycles. The van der Waals surface area contributed by atoms with Crippen LogP contribution < -0.4 is 9.80 Å². The number of nitrogens with zero attached hydrogens (tertiary/aromatic N) is 5. The zero-order valence-corrected chi connectivity index (χ0v) is 19.6. The van der Waals surface area contributed by atoms with Gasteiger partial charge in [0.2, 0.25) is 15.0 Å². The first kappa shape index (κ1) is 23.9. The second-order valence-corrected chi connectivity index (χ2v) is 10.9. The number of hydrogen-bond acceptors (Lipinski definition) is 6. The predicted octanol–water partition coefficient (Wildman–Crippen LogP) is 3.07. The summed E-state index contributed by atoms with van der Waals surface area (Å²) in [5.41, 5.74) is -0.297. The van der Waals surface area contributed by atoms with Gasteiger partial charge in [0, 0.05) is 36.3 Å². The Bertz CT molecular complexity index is 1300. The number of para-hydroxylation sites is 1. The highest BCUT2D eigenvalue weighted by atomic mass is 32.2. The van der Waals surface area contributed by atoms with Gasteiger partial charge < -0.3 is 4.90 Å². The van der Waals surface area contributed by atoms with Gasteiger partial charge in [0.15, 0.2) is 0 Å². The van der Waals surface area contributed by atoms with Gasteiger partial charge in [-0.2, -0.15) is 13.2 Å². The van der Waals surface area contributed by atoms with E-state index in [1.165, 1.54) is 49.0 Å². The number of urea groups is 1. The van der Waals surface area contributed by atoms with Gasteiger partial charge in [0.05, 0.1) is 12.6 Å². The second kappa shape index (κ2) is 7.65. The molecule has 34 heavy (non-hydrogen) atoms. The van der Waals surface area contributed by atoms with Gasteiger partial charge in [0.1, 0.15) is 5.82 Å². The predicted molar refractivity (Wildman–Crippen MR) is 116 cm³/mol. The Morgan fingerprint density at radius 2 is 1.85 bits per heavy atom. The zero-order valence-electron chi connectivity index (χ0n) is 18.8. The molecule has 0 aliphatic carbocycles. The van der Waals surface area contributed by atoms with Crippen LogP contribution in [0.4, 0.5) is 29.5 Å². The molecule has 1 unspecified atom stereocenters. The highest BCUT2D eigenvalue weighted by molar-refractivity contribution is 7.90. The third-order valence-electron chi connectivity index (χ3n) is 6.00. The number of sulfone groups is 1. The van der Waals surface area contributed by atoms with E-state index in [0.717, 1.165) is 11.2 Å². The Morgan fingerprint density at radius 3 is 2.47 bits per heavy atom. The number of benzene rings is 1. The number of halogens is 3. The average Bonchev–Trinajstić information content (AvgIpc) is 2.73. The summed E-state index contributed by atoms with van der Waals surface area (Å²) in [5, 5.41) is -0.412. The van der Waals surface area contributed by atoms with Crippen LogP contribution in [0.5, 0.6) is 0 Å². The molecule has 0 fully saturated rings. The van der Waals surface area contributed by atoms with Gasteiger partial charge >= 0.3 is 18.1 Å². The molecule has 2 aliphatic heterocycles. The van der Waals surface area contributed by atoms with Crippen molar-refractivity contribution >= 4 is 33.3 Å². The molecule has 0 N–H and O–H groups in total. The summed E-state index contributed by atoms with van der Waals surface area (Å²) in [5.74, 6) is -1.83. The second-order valence-electron chi connectivity index (χ2n) is 8.97. The van der Waals surface area contributed by atoms with E-state index in [4.69, 9.17) is 0 Å². The van der Waals surface area contributed by atoms with Crippen molar-refractivity contribution < 1.29 is 31.2 Å². The Kier molecular flexibility index (Phi) is 5.38. The van der Waals surface area contributed by atoms with Crippen molar-refractivity contribution in [3.8, 4) is 0 Å². The number of hydrogen-bond donors (Lipinski definition) is 0. The molecule has 0 bridgehead atoms. The minimum Gasteiger partial charge on any atom is -0.313 e. The van der Waals surface area contributed by atoms with Crippen LogP contribution >= 0.6 is 0 Å². The highest BCUT2D eigenvalue weighted by Crippen LogP contribution is 2.47. The van der Waals surface area contributed by atoms with Crippen LogP contribution in [-0.4, -0.2) is 60.2 Å². The zero-order chi connectivity index (χ0) is 25.2. The number of anilines is 2. The number of rotatable bonds is 2. The number of aromatic nitrogens is 2. The van der Waals surface area contributed by atoms with Gasteiger partial charge in [-0.1, -0.05) is 18.2 Å². The lowest BCUT2D eigenvalue weighted by Crippen LogP contribution is -2.58. The van der Waals surface area contributed by atoms with Gasteiger partial charge in [-0.3, -0.25) is 14.6 Å². The Hall–Kier alpha value is -3.22. The lowest BCUT2D eigenvalue weighted by molar-refractivity contribution is -0.172. The number of fused-ring (bicyclic) bond motifs is 2. The van der Waals surface area contributed by atoms with Gasteiger partial charge in [0.25, 0.3) is 0 Å². The van der Waals surface area contributed by atoms with E-state index < -0.39 is 44.7 Å². The summed E-state index contributed by atoms with van der Waals surface area (Å²) in [6.07, 6.45) is -2.73. The lowest BCUT2D eigenvalue weighted by atomic mass is 9.82. The van der Waals surface area contributed by atoms with E-state index in [9.17, 15) is 31.2 Å². The Morgan fingerprint density at radius 1 is 1.21 bits per heavy atom. The highest BCUT2D eigenvalue weighted by Gasteiger charge is 2.52. The quantitative estimate of drug-likeness (QED) is 0.591. The summed E-state index contributed by atoms with van der Waals surface area (Å²) >= 11 is 0. The maximum absolute atomic E-state index is 13.4. The van der Waals surface area contributed by atoms with Crippen molar-refractivity contribution in [2.45, 2.75) is 49.7 Å². The summed E-state index contributed by atoms with van der Waals surface area (Å²) in [6.45, 7) is 3.06. The Labute approximate surface area is 194 Å². The molecule has 2 aliphatic rings. The molecule has 1 atom stereocenters. The fourth-order valence-corrected chi connectivity index (χ4v) is 5.00. The molecule has 2 aromatic rings. The molecule has 3 amide bonds. The molecule has 13 heteroatoms. The first-order valence-electron chi connectivity index (χ1n) is 10.2. The Balaban J connectivity index is 1.79. The molecule has 182 valence electrons. The number of carbonyl (C=O) groups excluding carboxylic acids is 2. The smallest absolute Gasteiger partial charge is 0.313 e. The monoisotopic (exact) mass is 497 g/mol.